The first kappa shape index (κ1) is 16.8. The molecule has 0 aromatic heterocycles. The summed E-state index contributed by atoms with van der Waals surface area (Å²) in [5, 5.41) is 3.70. The van der Waals surface area contributed by atoms with E-state index in [-0.39, 0.29) is 24.4 Å². The van der Waals surface area contributed by atoms with Crippen molar-refractivity contribution in [2.75, 3.05) is 13.1 Å². The van der Waals surface area contributed by atoms with Crippen LogP contribution in [0.3, 0.4) is 0 Å². The predicted molar refractivity (Wildman–Crippen MR) is 87.7 cm³/mol. The molecule has 1 fully saturated rings. The van der Waals surface area contributed by atoms with Gasteiger partial charge in [-0.05, 0) is 37.0 Å². The zero-order valence-corrected chi connectivity index (χ0v) is 13.7. The number of likely N-dealkylation sites (tertiary alicyclic amines) is 1. The number of nitrogens with zero attached hydrogens (tertiary/aromatic N) is 1. The van der Waals surface area contributed by atoms with Gasteiger partial charge in [-0.1, -0.05) is 37.1 Å². The Morgan fingerprint density at radius 2 is 2.00 bits per heavy atom. The van der Waals surface area contributed by atoms with Crippen LogP contribution in [0.5, 0.6) is 0 Å². The lowest BCUT2D eigenvalue weighted by atomic mass is 10.0. The molecule has 2 rings (SSSR count). The first-order valence-electron chi connectivity index (χ1n) is 7.92. The van der Waals surface area contributed by atoms with E-state index in [4.69, 9.17) is 11.6 Å². The highest BCUT2D eigenvalue weighted by Gasteiger charge is 2.20. The van der Waals surface area contributed by atoms with Crippen molar-refractivity contribution in [3.8, 4) is 0 Å². The number of amides is 2. The Bertz CT molecular complexity index is 516. The lowest BCUT2D eigenvalue weighted by Gasteiger charge is -2.23. The molecule has 22 heavy (non-hydrogen) atoms. The van der Waals surface area contributed by atoms with Crippen molar-refractivity contribution in [2.45, 2.75) is 45.1 Å². The Hall–Kier alpha value is -1.55. The van der Waals surface area contributed by atoms with Gasteiger partial charge in [0, 0.05) is 18.0 Å². The zero-order chi connectivity index (χ0) is 15.9. The second-order valence-corrected chi connectivity index (χ2v) is 6.14. The Kier molecular flexibility index (Phi) is 6.25. The highest BCUT2D eigenvalue weighted by Crippen LogP contribution is 2.19. The minimum atomic E-state index is -0.1000. The van der Waals surface area contributed by atoms with Gasteiger partial charge in [0.05, 0.1) is 12.6 Å². The standard InChI is InChI=1S/C17H23ClN2O2/c1-2-15(13-7-9-14(18)10-8-13)19-16(21)12-20-11-5-3-4-6-17(20)22/h7-10,15H,2-6,11-12H2,1H3,(H,19,21). The number of carbonyl (C=O) groups is 2. The van der Waals surface area contributed by atoms with Crippen molar-refractivity contribution in [1.82, 2.24) is 10.2 Å². The van der Waals surface area contributed by atoms with Crippen molar-refractivity contribution in [3.63, 3.8) is 0 Å². The predicted octanol–water partition coefficient (Wildman–Crippen LogP) is 3.31. The largest absolute Gasteiger partial charge is 0.348 e. The summed E-state index contributed by atoms with van der Waals surface area (Å²) in [4.78, 5) is 25.9. The minimum absolute atomic E-state index is 0.0492. The van der Waals surface area contributed by atoms with Gasteiger partial charge in [0.1, 0.15) is 0 Å². The molecule has 4 nitrogen and oxygen atoms in total. The Morgan fingerprint density at radius 3 is 2.68 bits per heavy atom. The van der Waals surface area contributed by atoms with Crippen molar-refractivity contribution in [1.29, 1.82) is 0 Å². The molecule has 0 bridgehead atoms. The summed E-state index contributed by atoms with van der Waals surface area (Å²) in [6, 6.07) is 7.45. The molecule has 1 aliphatic heterocycles. The lowest BCUT2D eigenvalue weighted by Crippen LogP contribution is -2.41. The Labute approximate surface area is 136 Å². The third-order valence-corrected chi connectivity index (χ3v) is 4.27. The van der Waals surface area contributed by atoms with Crippen molar-refractivity contribution in [2.24, 2.45) is 0 Å². The molecule has 5 heteroatoms. The van der Waals surface area contributed by atoms with E-state index in [1.54, 1.807) is 4.90 Å². The van der Waals surface area contributed by atoms with Gasteiger partial charge < -0.3 is 10.2 Å². The van der Waals surface area contributed by atoms with Crippen molar-refractivity contribution >= 4 is 23.4 Å². The summed E-state index contributed by atoms with van der Waals surface area (Å²) in [5.74, 6) is -0.00996. The first-order chi connectivity index (χ1) is 10.6. The quantitative estimate of drug-likeness (QED) is 0.904. The van der Waals surface area contributed by atoms with Crippen LogP contribution in [0.15, 0.2) is 24.3 Å². The molecule has 120 valence electrons. The SMILES string of the molecule is CCC(NC(=O)CN1CCCCCC1=O)c1ccc(Cl)cc1. The molecule has 1 aromatic rings. The van der Waals surface area contributed by atoms with E-state index < -0.39 is 0 Å². The molecule has 1 saturated heterocycles. The van der Waals surface area contributed by atoms with Gasteiger partial charge in [-0.3, -0.25) is 9.59 Å². The van der Waals surface area contributed by atoms with Gasteiger partial charge >= 0.3 is 0 Å². The van der Waals surface area contributed by atoms with E-state index in [2.05, 4.69) is 5.32 Å². The third kappa shape index (κ3) is 4.73. The first-order valence-corrected chi connectivity index (χ1v) is 8.30. The number of hydrogen-bond donors (Lipinski definition) is 1. The van der Waals surface area contributed by atoms with Crippen LogP contribution in [0.1, 0.15) is 50.6 Å². The summed E-state index contributed by atoms with van der Waals surface area (Å²) in [6.07, 6.45) is 4.32. The highest BCUT2D eigenvalue weighted by molar-refractivity contribution is 6.30. The van der Waals surface area contributed by atoms with Gasteiger partial charge in [-0.15, -0.1) is 0 Å². The molecule has 1 unspecified atom stereocenters. The van der Waals surface area contributed by atoms with E-state index >= 15 is 0 Å². The smallest absolute Gasteiger partial charge is 0.240 e. The molecule has 0 spiro atoms. The van der Waals surface area contributed by atoms with Gasteiger partial charge in [-0.2, -0.15) is 0 Å². The van der Waals surface area contributed by atoms with Gasteiger partial charge in [-0.25, -0.2) is 0 Å². The maximum Gasteiger partial charge on any atom is 0.240 e. The minimum Gasteiger partial charge on any atom is -0.348 e. The number of rotatable bonds is 5. The zero-order valence-electron chi connectivity index (χ0n) is 13.0. The monoisotopic (exact) mass is 322 g/mol. The topological polar surface area (TPSA) is 49.4 Å². The Morgan fingerprint density at radius 1 is 1.27 bits per heavy atom. The molecule has 1 aliphatic rings. The molecule has 1 heterocycles. The summed E-state index contributed by atoms with van der Waals surface area (Å²) >= 11 is 5.89. The molecule has 2 amide bonds. The second kappa shape index (κ2) is 8.18. The van der Waals surface area contributed by atoms with Crippen LogP contribution in [-0.4, -0.2) is 29.8 Å². The number of benzene rings is 1. The third-order valence-electron chi connectivity index (χ3n) is 4.02. The van der Waals surface area contributed by atoms with Crippen LogP contribution < -0.4 is 5.32 Å². The van der Waals surface area contributed by atoms with Crippen molar-refractivity contribution < 1.29 is 9.59 Å². The Balaban J connectivity index is 1.94. The maximum absolute atomic E-state index is 12.2. The van der Waals surface area contributed by atoms with Crippen LogP contribution in [0, 0.1) is 0 Å². The molecular weight excluding hydrogens is 300 g/mol. The second-order valence-electron chi connectivity index (χ2n) is 5.71. The molecule has 1 aromatic carbocycles. The van der Waals surface area contributed by atoms with Crippen LogP contribution in [0.4, 0.5) is 0 Å². The van der Waals surface area contributed by atoms with Gasteiger partial charge in [0.15, 0.2) is 0 Å². The summed E-state index contributed by atoms with van der Waals surface area (Å²) in [7, 11) is 0. The molecule has 0 radical (unpaired) electrons. The fraction of sp³-hybridized carbons (Fsp3) is 0.529. The van der Waals surface area contributed by atoms with Crippen LogP contribution in [0.25, 0.3) is 0 Å². The van der Waals surface area contributed by atoms with Crippen molar-refractivity contribution in [3.05, 3.63) is 34.9 Å². The van der Waals surface area contributed by atoms with E-state index in [1.807, 2.05) is 31.2 Å². The molecule has 1 N–H and O–H groups in total. The van der Waals surface area contributed by atoms with E-state index in [1.165, 1.54) is 0 Å². The van der Waals surface area contributed by atoms with Gasteiger partial charge in [0.2, 0.25) is 11.8 Å². The number of halogens is 1. The van der Waals surface area contributed by atoms with E-state index in [9.17, 15) is 9.59 Å². The van der Waals surface area contributed by atoms with Crippen LogP contribution in [-0.2, 0) is 9.59 Å². The number of carbonyl (C=O) groups excluding carboxylic acids is 2. The molecule has 0 aliphatic carbocycles. The normalized spacial score (nSPS) is 17.0. The molecule has 0 saturated carbocycles. The van der Waals surface area contributed by atoms with Crippen LogP contribution in [0.2, 0.25) is 5.02 Å². The average molecular weight is 323 g/mol. The summed E-state index contributed by atoms with van der Waals surface area (Å²) in [5.41, 5.74) is 1.03. The molecular formula is C17H23ClN2O2. The highest BCUT2D eigenvalue weighted by atomic mass is 35.5. The van der Waals surface area contributed by atoms with Gasteiger partial charge in [0.25, 0.3) is 0 Å². The lowest BCUT2D eigenvalue weighted by molar-refractivity contribution is -0.135. The van der Waals surface area contributed by atoms with Crippen LogP contribution >= 0.6 is 11.6 Å². The summed E-state index contributed by atoms with van der Waals surface area (Å²) in [6.45, 7) is 2.86. The average Bonchev–Trinajstić information content (AvgIpc) is 2.71. The number of nitrogens with one attached hydrogen (secondary N) is 1. The maximum atomic E-state index is 12.2. The van der Waals surface area contributed by atoms with E-state index in [0.29, 0.717) is 18.0 Å². The number of hydrogen-bond acceptors (Lipinski definition) is 2. The fourth-order valence-electron chi connectivity index (χ4n) is 2.74. The van der Waals surface area contributed by atoms with E-state index in [0.717, 1.165) is 31.2 Å². The summed E-state index contributed by atoms with van der Waals surface area (Å²) < 4.78 is 0. The molecule has 1 atom stereocenters. The fourth-order valence-corrected chi connectivity index (χ4v) is 2.86.